The third-order valence-electron chi connectivity index (χ3n) is 6.16. The minimum Gasteiger partial charge on any atom is -0.368 e. The zero-order valence-electron chi connectivity index (χ0n) is 19.2. The van der Waals surface area contributed by atoms with Crippen LogP contribution in [0.25, 0.3) is 10.9 Å². The van der Waals surface area contributed by atoms with Gasteiger partial charge in [0.15, 0.2) is 0 Å². The molecule has 1 aliphatic heterocycles. The molecule has 1 unspecified atom stereocenters. The van der Waals surface area contributed by atoms with Crippen LogP contribution in [0, 0.1) is 6.92 Å². The minimum atomic E-state index is -3.70. The van der Waals surface area contributed by atoms with Crippen molar-refractivity contribution >= 4 is 38.2 Å². The van der Waals surface area contributed by atoms with Crippen molar-refractivity contribution in [3.8, 4) is 0 Å². The Hall–Kier alpha value is -3.17. The number of carbonyl (C=O) groups excluding carboxylic acids is 1. The number of aryl methyl sites for hydroxylation is 1. The second-order valence-electron chi connectivity index (χ2n) is 8.68. The van der Waals surface area contributed by atoms with Crippen molar-refractivity contribution in [1.82, 2.24) is 9.29 Å². The number of H-pyrrole nitrogens is 1. The van der Waals surface area contributed by atoms with Crippen molar-refractivity contribution in [2.45, 2.75) is 37.6 Å². The largest absolute Gasteiger partial charge is 0.368 e. The second-order valence-corrected chi connectivity index (χ2v) is 10.8. The average Bonchev–Trinajstić information content (AvgIpc) is 3.19. The van der Waals surface area contributed by atoms with Crippen molar-refractivity contribution in [3.05, 3.63) is 63.9 Å². The van der Waals surface area contributed by atoms with Gasteiger partial charge in [0.2, 0.25) is 15.6 Å². The Morgan fingerprint density at radius 3 is 2.58 bits per heavy atom. The highest BCUT2D eigenvalue weighted by molar-refractivity contribution is 7.89. The highest BCUT2D eigenvalue weighted by Gasteiger charge is 2.27. The Morgan fingerprint density at radius 2 is 1.91 bits per heavy atom. The molecule has 2 heterocycles. The first-order valence-corrected chi connectivity index (χ1v) is 12.3. The van der Waals surface area contributed by atoms with E-state index in [-0.39, 0.29) is 22.4 Å². The molecule has 33 heavy (non-hydrogen) atoms. The van der Waals surface area contributed by atoms with Gasteiger partial charge < -0.3 is 15.2 Å². The fourth-order valence-corrected chi connectivity index (χ4v) is 5.24. The number of carbonyl (C=O) groups is 1. The van der Waals surface area contributed by atoms with Crippen molar-refractivity contribution in [3.63, 3.8) is 0 Å². The molecule has 1 atom stereocenters. The lowest BCUT2D eigenvalue weighted by molar-refractivity contribution is 0.102. The Kier molecular flexibility index (Phi) is 6.02. The van der Waals surface area contributed by atoms with Crippen LogP contribution < -0.4 is 15.8 Å². The molecule has 1 saturated heterocycles. The molecule has 1 fully saturated rings. The number of aromatic amines is 1. The summed E-state index contributed by atoms with van der Waals surface area (Å²) in [4.78, 5) is 30.1. The van der Waals surface area contributed by atoms with E-state index in [1.807, 2.05) is 6.92 Å². The summed E-state index contributed by atoms with van der Waals surface area (Å²) in [6.07, 6.45) is 2.03. The van der Waals surface area contributed by atoms with Gasteiger partial charge in [0.1, 0.15) is 0 Å². The zero-order chi connectivity index (χ0) is 23.9. The number of pyridine rings is 1. The van der Waals surface area contributed by atoms with Crippen LogP contribution in [-0.4, -0.2) is 50.3 Å². The summed E-state index contributed by atoms with van der Waals surface area (Å²) in [6.45, 7) is 4.75. The smallest absolute Gasteiger partial charge is 0.257 e. The van der Waals surface area contributed by atoms with E-state index in [0.717, 1.165) is 40.3 Å². The molecule has 2 N–H and O–H groups in total. The van der Waals surface area contributed by atoms with Crippen LogP contribution in [0.4, 0.5) is 11.4 Å². The highest BCUT2D eigenvalue weighted by Crippen LogP contribution is 2.32. The van der Waals surface area contributed by atoms with Gasteiger partial charge >= 0.3 is 0 Å². The van der Waals surface area contributed by atoms with Crippen LogP contribution in [0.15, 0.2) is 52.2 Å². The topological polar surface area (TPSA) is 103 Å². The monoisotopic (exact) mass is 468 g/mol. The molecule has 1 aliphatic rings. The number of benzene rings is 2. The van der Waals surface area contributed by atoms with Gasteiger partial charge in [-0.3, -0.25) is 9.59 Å². The summed E-state index contributed by atoms with van der Waals surface area (Å²) in [5, 5.41) is 3.74. The number of nitrogens with zero attached hydrogens (tertiary/aromatic N) is 2. The van der Waals surface area contributed by atoms with Crippen LogP contribution in [0.3, 0.4) is 0 Å². The van der Waals surface area contributed by atoms with Gasteiger partial charge in [-0.05, 0) is 68.7 Å². The molecule has 174 valence electrons. The molecule has 0 saturated carbocycles. The first kappa shape index (κ1) is 23.0. The normalized spacial score (nSPS) is 16.5. The van der Waals surface area contributed by atoms with Crippen molar-refractivity contribution in [2.24, 2.45) is 0 Å². The van der Waals surface area contributed by atoms with E-state index in [1.165, 1.54) is 26.2 Å². The molecular formula is C24H28N4O4S. The first-order chi connectivity index (χ1) is 15.6. The van der Waals surface area contributed by atoms with E-state index in [9.17, 15) is 18.0 Å². The van der Waals surface area contributed by atoms with Crippen molar-refractivity contribution in [1.29, 1.82) is 0 Å². The summed E-state index contributed by atoms with van der Waals surface area (Å²) in [6, 6.07) is 11.8. The number of anilines is 2. The van der Waals surface area contributed by atoms with Gasteiger partial charge in [-0.2, -0.15) is 0 Å². The third-order valence-corrected chi connectivity index (χ3v) is 7.97. The number of hydrogen-bond acceptors (Lipinski definition) is 5. The molecule has 3 aromatic rings. The van der Waals surface area contributed by atoms with E-state index in [1.54, 1.807) is 30.3 Å². The van der Waals surface area contributed by atoms with E-state index < -0.39 is 10.0 Å². The van der Waals surface area contributed by atoms with E-state index in [0.29, 0.717) is 16.8 Å². The number of sulfonamides is 1. The summed E-state index contributed by atoms with van der Waals surface area (Å²) in [5.41, 5.74) is 2.89. The molecule has 1 aromatic heterocycles. The van der Waals surface area contributed by atoms with E-state index >= 15 is 0 Å². The number of amides is 1. The fourth-order valence-electron chi connectivity index (χ4n) is 4.31. The van der Waals surface area contributed by atoms with Crippen LogP contribution in [0.1, 0.15) is 35.7 Å². The van der Waals surface area contributed by atoms with Gasteiger partial charge in [-0.15, -0.1) is 0 Å². The minimum absolute atomic E-state index is 0.0696. The fraction of sp³-hybridized carbons (Fsp3) is 0.333. The lowest BCUT2D eigenvalue weighted by atomic mass is 10.1. The first-order valence-electron chi connectivity index (χ1n) is 10.9. The maximum absolute atomic E-state index is 13.4. The standard InChI is InChI=1S/C24H28N4O4S/c1-15-12-23(29)26-21-9-7-17(13-19(15)21)25-24(30)20-14-18(33(31,32)27(3)4)8-10-22(20)28-11-5-6-16(28)2/h7-10,12-14,16H,5-6,11H2,1-4H3,(H,25,30)(H,26,29). The number of nitrogens with one attached hydrogen (secondary N) is 2. The molecule has 0 aliphatic carbocycles. The van der Waals surface area contributed by atoms with Crippen molar-refractivity contribution < 1.29 is 13.2 Å². The summed E-state index contributed by atoms with van der Waals surface area (Å²) in [7, 11) is -0.766. The Morgan fingerprint density at radius 1 is 1.15 bits per heavy atom. The third kappa shape index (κ3) is 4.38. The maximum atomic E-state index is 13.4. The molecule has 9 heteroatoms. The predicted octanol–water partition coefficient (Wildman–Crippen LogP) is 3.33. The highest BCUT2D eigenvalue weighted by atomic mass is 32.2. The van der Waals surface area contributed by atoms with Crippen LogP contribution >= 0.6 is 0 Å². The van der Waals surface area contributed by atoms with Gasteiger partial charge in [-0.1, -0.05) is 0 Å². The van der Waals surface area contributed by atoms with Crippen LogP contribution in [0.5, 0.6) is 0 Å². The Bertz CT molecular complexity index is 1400. The van der Waals surface area contributed by atoms with E-state index in [4.69, 9.17) is 0 Å². The number of fused-ring (bicyclic) bond motifs is 1. The average molecular weight is 469 g/mol. The number of hydrogen-bond donors (Lipinski definition) is 2. The lowest BCUT2D eigenvalue weighted by Crippen LogP contribution is -2.29. The molecule has 4 rings (SSSR count). The van der Waals surface area contributed by atoms with E-state index in [2.05, 4.69) is 22.1 Å². The number of rotatable bonds is 5. The SMILES string of the molecule is Cc1cc(=O)[nH]c2ccc(NC(=O)c3cc(S(=O)(=O)N(C)C)ccc3N3CCCC3C)cc12. The molecule has 0 radical (unpaired) electrons. The summed E-state index contributed by atoms with van der Waals surface area (Å²) >= 11 is 0. The van der Waals surface area contributed by atoms with Gasteiger partial charge in [0, 0.05) is 55.0 Å². The Labute approximate surface area is 193 Å². The Balaban J connectivity index is 1.76. The number of aromatic nitrogens is 1. The molecule has 0 spiro atoms. The van der Waals surface area contributed by atoms with Crippen LogP contribution in [0.2, 0.25) is 0 Å². The summed E-state index contributed by atoms with van der Waals surface area (Å²) in [5.74, 6) is -0.388. The van der Waals surface area contributed by atoms with Crippen molar-refractivity contribution in [2.75, 3.05) is 30.9 Å². The predicted molar refractivity (Wildman–Crippen MR) is 131 cm³/mol. The summed E-state index contributed by atoms with van der Waals surface area (Å²) < 4.78 is 26.6. The van der Waals surface area contributed by atoms with Gasteiger partial charge in [0.25, 0.3) is 5.91 Å². The second kappa shape index (κ2) is 8.64. The quantitative estimate of drug-likeness (QED) is 0.598. The molecular weight excluding hydrogens is 440 g/mol. The molecule has 2 aromatic carbocycles. The maximum Gasteiger partial charge on any atom is 0.257 e. The molecule has 0 bridgehead atoms. The van der Waals surface area contributed by atoms with Gasteiger partial charge in [0.05, 0.1) is 10.5 Å². The molecule has 8 nitrogen and oxygen atoms in total. The van der Waals surface area contributed by atoms with Crippen LogP contribution in [-0.2, 0) is 10.0 Å². The zero-order valence-corrected chi connectivity index (χ0v) is 20.0. The molecule has 1 amide bonds. The lowest BCUT2D eigenvalue weighted by Gasteiger charge is -2.27. The van der Waals surface area contributed by atoms with Gasteiger partial charge in [-0.25, -0.2) is 12.7 Å².